The number of benzene rings is 1. The molecule has 0 amide bonds. The molecule has 1 aromatic carbocycles. The summed E-state index contributed by atoms with van der Waals surface area (Å²) in [6.07, 6.45) is 0.418. The maximum Gasteiger partial charge on any atom is 0.136 e. The van der Waals surface area contributed by atoms with Crippen molar-refractivity contribution >= 4 is 16.5 Å². The van der Waals surface area contributed by atoms with Gasteiger partial charge in [-0.1, -0.05) is 16.6 Å². The van der Waals surface area contributed by atoms with Crippen molar-refractivity contribution in [2.24, 2.45) is 0 Å². The highest BCUT2D eigenvalue weighted by atomic mass is 32.1. The summed E-state index contributed by atoms with van der Waals surface area (Å²) in [5, 5.41) is 16.8. The van der Waals surface area contributed by atoms with Crippen molar-refractivity contribution in [2.75, 3.05) is 11.9 Å². The first kappa shape index (κ1) is 13.3. The molecular formula is C13H14N4OS. The molecule has 2 rings (SSSR count). The summed E-state index contributed by atoms with van der Waals surface area (Å²) in [5.74, 6) is 0.761. The zero-order chi connectivity index (χ0) is 13.5. The average Bonchev–Trinajstić information content (AvgIpc) is 2.86. The van der Waals surface area contributed by atoms with E-state index in [0.717, 1.165) is 28.6 Å². The second-order valence-electron chi connectivity index (χ2n) is 3.85. The van der Waals surface area contributed by atoms with Gasteiger partial charge in [-0.05, 0) is 24.6 Å². The Kier molecular flexibility index (Phi) is 4.70. The van der Waals surface area contributed by atoms with Crippen LogP contribution >= 0.6 is 11.5 Å². The Morgan fingerprint density at radius 1 is 1.37 bits per heavy atom. The van der Waals surface area contributed by atoms with Crippen molar-refractivity contribution in [1.82, 2.24) is 9.59 Å². The maximum atomic E-state index is 8.60. The average molecular weight is 274 g/mol. The largest absolute Gasteiger partial charge is 0.487 e. The third-order valence-corrected chi connectivity index (χ3v) is 3.20. The highest BCUT2D eigenvalue weighted by Crippen LogP contribution is 2.20. The molecular weight excluding hydrogens is 260 g/mol. The Balaban J connectivity index is 1.94. The lowest BCUT2D eigenvalue weighted by Crippen LogP contribution is -2.02. The number of aromatic nitrogens is 2. The van der Waals surface area contributed by atoms with Crippen LogP contribution in [-0.2, 0) is 13.0 Å². The lowest BCUT2D eigenvalue weighted by Gasteiger charge is -2.06. The zero-order valence-electron chi connectivity index (χ0n) is 10.6. The van der Waals surface area contributed by atoms with Gasteiger partial charge < -0.3 is 10.1 Å². The summed E-state index contributed by atoms with van der Waals surface area (Å²) in [4.78, 5) is 0. The lowest BCUT2D eigenvalue weighted by atomic mass is 10.2. The Labute approximate surface area is 116 Å². The molecule has 1 N–H and O–H groups in total. The highest BCUT2D eigenvalue weighted by Gasteiger charge is 2.07. The molecule has 98 valence electrons. The van der Waals surface area contributed by atoms with Gasteiger partial charge in [0.15, 0.2) is 0 Å². The van der Waals surface area contributed by atoms with Gasteiger partial charge in [0.2, 0.25) is 0 Å². The van der Waals surface area contributed by atoms with E-state index in [1.54, 1.807) is 0 Å². The van der Waals surface area contributed by atoms with E-state index in [1.165, 1.54) is 11.5 Å². The maximum absolute atomic E-state index is 8.60. The molecule has 0 bridgehead atoms. The summed E-state index contributed by atoms with van der Waals surface area (Å²) < 4.78 is 9.56. The summed E-state index contributed by atoms with van der Waals surface area (Å²) in [7, 11) is 0. The number of nitrogens with one attached hydrogen (secondary N) is 1. The Hall–Kier alpha value is -2.13. The van der Waals surface area contributed by atoms with Crippen LogP contribution in [0.15, 0.2) is 24.3 Å². The van der Waals surface area contributed by atoms with E-state index >= 15 is 0 Å². The summed E-state index contributed by atoms with van der Waals surface area (Å²) in [6.45, 7) is 3.24. The molecule has 2 aromatic rings. The lowest BCUT2D eigenvalue weighted by molar-refractivity contribution is 0.301. The second-order valence-corrected chi connectivity index (χ2v) is 4.60. The van der Waals surface area contributed by atoms with E-state index in [9.17, 15) is 0 Å². The van der Waals surface area contributed by atoms with Crippen LogP contribution in [0.25, 0.3) is 0 Å². The van der Waals surface area contributed by atoms with Crippen LogP contribution in [0.3, 0.4) is 0 Å². The molecule has 0 saturated heterocycles. The normalized spacial score (nSPS) is 9.89. The van der Waals surface area contributed by atoms with Crippen molar-refractivity contribution in [1.29, 1.82) is 5.26 Å². The molecule has 0 fully saturated rings. The Morgan fingerprint density at radius 3 is 2.84 bits per heavy atom. The third-order valence-electron chi connectivity index (χ3n) is 2.48. The van der Waals surface area contributed by atoms with Gasteiger partial charge in [0.25, 0.3) is 0 Å². The van der Waals surface area contributed by atoms with Crippen LogP contribution in [0.1, 0.15) is 18.2 Å². The van der Waals surface area contributed by atoms with Crippen LogP contribution < -0.4 is 10.1 Å². The molecule has 0 aliphatic heterocycles. The van der Waals surface area contributed by atoms with E-state index in [2.05, 4.69) is 21.0 Å². The summed E-state index contributed by atoms with van der Waals surface area (Å²) in [5.41, 5.74) is 1.80. The summed E-state index contributed by atoms with van der Waals surface area (Å²) in [6, 6.07) is 9.62. The highest BCUT2D eigenvalue weighted by molar-refractivity contribution is 7.10. The quantitative estimate of drug-likeness (QED) is 0.876. The Bertz CT molecular complexity index is 559. The van der Waals surface area contributed by atoms with Gasteiger partial charge in [-0.15, -0.1) is 5.10 Å². The molecule has 1 heterocycles. The molecule has 0 saturated carbocycles. The van der Waals surface area contributed by atoms with E-state index in [0.29, 0.717) is 13.0 Å². The number of nitrogens with zero attached hydrogens (tertiary/aromatic N) is 3. The van der Waals surface area contributed by atoms with Crippen molar-refractivity contribution in [3.8, 4) is 11.8 Å². The third kappa shape index (κ3) is 3.66. The summed E-state index contributed by atoms with van der Waals surface area (Å²) >= 11 is 1.33. The van der Waals surface area contributed by atoms with Gasteiger partial charge in [0, 0.05) is 18.1 Å². The molecule has 0 aliphatic carbocycles. The van der Waals surface area contributed by atoms with Gasteiger partial charge in [0.05, 0.1) is 12.5 Å². The van der Waals surface area contributed by atoms with Gasteiger partial charge in [-0.2, -0.15) is 5.26 Å². The number of anilines is 1. The molecule has 0 atom stereocenters. The SMILES string of the molecule is CCNc1snnc1COc1ccc(CC#N)cc1. The van der Waals surface area contributed by atoms with Crippen molar-refractivity contribution in [3.63, 3.8) is 0 Å². The fraction of sp³-hybridized carbons (Fsp3) is 0.308. The fourth-order valence-electron chi connectivity index (χ4n) is 1.54. The van der Waals surface area contributed by atoms with Crippen LogP contribution in [0.2, 0.25) is 0 Å². The number of ether oxygens (including phenoxy) is 1. The van der Waals surface area contributed by atoms with Crippen molar-refractivity contribution in [2.45, 2.75) is 20.0 Å². The van der Waals surface area contributed by atoms with Crippen molar-refractivity contribution < 1.29 is 4.74 Å². The standard InChI is InChI=1S/C13H14N4OS/c1-2-15-13-12(16-17-19-13)9-18-11-5-3-10(4-6-11)7-8-14/h3-6,15H,2,7,9H2,1H3. The van der Waals surface area contributed by atoms with Gasteiger partial charge >= 0.3 is 0 Å². The minimum Gasteiger partial charge on any atom is -0.487 e. The van der Waals surface area contributed by atoms with Gasteiger partial charge in [0.1, 0.15) is 23.1 Å². The van der Waals surface area contributed by atoms with Crippen molar-refractivity contribution in [3.05, 3.63) is 35.5 Å². The van der Waals surface area contributed by atoms with Crippen LogP contribution in [0.5, 0.6) is 5.75 Å². The molecule has 5 nitrogen and oxygen atoms in total. The smallest absolute Gasteiger partial charge is 0.136 e. The molecule has 0 radical (unpaired) electrons. The first-order chi connectivity index (χ1) is 9.33. The van der Waals surface area contributed by atoms with Gasteiger partial charge in [-0.25, -0.2) is 0 Å². The fourth-order valence-corrected chi connectivity index (χ4v) is 2.18. The number of hydrogen-bond donors (Lipinski definition) is 1. The number of nitriles is 1. The predicted molar refractivity (Wildman–Crippen MR) is 74.2 cm³/mol. The first-order valence-corrected chi connectivity index (χ1v) is 6.74. The molecule has 0 aliphatic rings. The zero-order valence-corrected chi connectivity index (χ0v) is 11.4. The second kappa shape index (κ2) is 6.71. The predicted octanol–water partition coefficient (Wildman–Crippen LogP) is 2.61. The van der Waals surface area contributed by atoms with E-state index in [1.807, 2.05) is 31.2 Å². The molecule has 19 heavy (non-hydrogen) atoms. The van der Waals surface area contributed by atoms with Gasteiger partial charge in [-0.3, -0.25) is 0 Å². The molecule has 6 heteroatoms. The number of hydrogen-bond acceptors (Lipinski definition) is 6. The van der Waals surface area contributed by atoms with Crippen LogP contribution in [0, 0.1) is 11.3 Å². The number of rotatable bonds is 6. The minimum absolute atomic E-state index is 0.385. The first-order valence-electron chi connectivity index (χ1n) is 5.97. The minimum atomic E-state index is 0.385. The molecule has 1 aromatic heterocycles. The van der Waals surface area contributed by atoms with E-state index in [-0.39, 0.29) is 0 Å². The molecule has 0 unspecified atom stereocenters. The van der Waals surface area contributed by atoms with Crippen LogP contribution in [0.4, 0.5) is 5.00 Å². The van der Waals surface area contributed by atoms with E-state index < -0.39 is 0 Å². The Morgan fingerprint density at radius 2 is 2.16 bits per heavy atom. The van der Waals surface area contributed by atoms with E-state index in [4.69, 9.17) is 10.00 Å². The van der Waals surface area contributed by atoms with Crippen LogP contribution in [-0.4, -0.2) is 16.1 Å². The topological polar surface area (TPSA) is 70.8 Å². The molecule has 0 spiro atoms. The monoisotopic (exact) mass is 274 g/mol.